The fraction of sp³-hybridized carbons (Fsp3) is 0.300. The summed E-state index contributed by atoms with van der Waals surface area (Å²) in [5.74, 6) is -1.38. The van der Waals surface area contributed by atoms with Crippen LogP contribution in [0.2, 0.25) is 0 Å². The van der Waals surface area contributed by atoms with Crippen molar-refractivity contribution in [1.29, 1.82) is 0 Å². The second kappa shape index (κ2) is 6.85. The minimum absolute atomic E-state index is 0.0865. The molecule has 1 aliphatic carbocycles. The minimum atomic E-state index is -3.65. The molecule has 0 unspecified atom stereocenters. The normalized spacial score (nSPS) is 17.3. The van der Waals surface area contributed by atoms with Crippen LogP contribution in [0.5, 0.6) is 0 Å². The third kappa shape index (κ3) is 3.16. The lowest BCUT2D eigenvalue weighted by molar-refractivity contribution is -0.110. The van der Waals surface area contributed by atoms with Gasteiger partial charge in [0.15, 0.2) is 0 Å². The number of fused-ring (bicyclic) bond motifs is 2. The largest absolute Gasteiger partial charge is 0.477 e. The molecule has 0 saturated carbocycles. The molecular weight excluding hydrogens is 394 g/mol. The molecule has 9 heteroatoms. The zero-order valence-electron chi connectivity index (χ0n) is 16.1. The summed E-state index contributed by atoms with van der Waals surface area (Å²) in [6.07, 6.45) is 4.93. The van der Waals surface area contributed by atoms with Gasteiger partial charge in [-0.15, -0.1) is 0 Å². The molecule has 0 bridgehead atoms. The number of nitrogens with one attached hydrogen (secondary N) is 2. The molecule has 8 nitrogen and oxygen atoms in total. The Hall–Kier alpha value is -2.91. The Balaban J connectivity index is 1.85. The lowest BCUT2D eigenvalue weighted by atomic mass is 9.91. The number of aromatic nitrogens is 1. The molecule has 1 amide bonds. The highest BCUT2D eigenvalue weighted by molar-refractivity contribution is 7.89. The predicted octanol–water partition coefficient (Wildman–Crippen LogP) is 2.33. The lowest BCUT2D eigenvalue weighted by Gasteiger charge is -2.13. The fourth-order valence-corrected chi connectivity index (χ4v) is 4.82. The quantitative estimate of drug-likeness (QED) is 0.662. The zero-order valence-corrected chi connectivity index (χ0v) is 16.9. The summed E-state index contributed by atoms with van der Waals surface area (Å²) in [6, 6.07) is 4.50. The van der Waals surface area contributed by atoms with E-state index in [9.17, 15) is 23.1 Å². The van der Waals surface area contributed by atoms with Gasteiger partial charge in [0.25, 0.3) is 5.91 Å². The summed E-state index contributed by atoms with van der Waals surface area (Å²) >= 11 is 0. The zero-order chi connectivity index (χ0) is 20.9. The Labute approximate surface area is 168 Å². The number of anilines is 1. The minimum Gasteiger partial charge on any atom is -0.477 e. The monoisotopic (exact) mass is 415 g/mol. The van der Waals surface area contributed by atoms with Crippen molar-refractivity contribution in [2.24, 2.45) is 0 Å². The lowest BCUT2D eigenvalue weighted by Crippen LogP contribution is -2.22. The van der Waals surface area contributed by atoms with Gasteiger partial charge < -0.3 is 15.4 Å². The average Bonchev–Trinajstić information content (AvgIpc) is 3.20. The highest BCUT2D eigenvalue weighted by atomic mass is 32.2. The van der Waals surface area contributed by atoms with Crippen LogP contribution < -0.4 is 5.32 Å². The topological polar surface area (TPSA) is 120 Å². The van der Waals surface area contributed by atoms with E-state index in [2.05, 4.69) is 10.3 Å². The summed E-state index contributed by atoms with van der Waals surface area (Å²) in [5.41, 5.74) is 3.77. The van der Waals surface area contributed by atoms with Gasteiger partial charge in [0.1, 0.15) is 5.69 Å². The maximum Gasteiger partial charge on any atom is 0.352 e. The Kier molecular flexibility index (Phi) is 4.59. The second-order valence-electron chi connectivity index (χ2n) is 7.39. The molecule has 1 aromatic heterocycles. The fourth-order valence-electron chi connectivity index (χ4n) is 3.90. The maximum atomic E-state index is 12.6. The molecule has 1 aromatic carbocycles. The van der Waals surface area contributed by atoms with Crippen molar-refractivity contribution in [2.45, 2.75) is 30.6 Å². The number of H-pyrrole nitrogens is 1. The number of rotatable bonds is 4. The number of benzene rings is 1. The number of hydrogen-bond donors (Lipinski definition) is 3. The molecule has 2 heterocycles. The van der Waals surface area contributed by atoms with E-state index in [4.69, 9.17) is 0 Å². The Morgan fingerprint density at radius 3 is 2.52 bits per heavy atom. The van der Waals surface area contributed by atoms with Crippen molar-refractivity contribution < 1.29 is 23.1 Å². The van der Waals surface area contributed by atoms with Crippen molar-refractivity contribution in [1.82, 2.24) is 9.29 Å². The number of carbonyl (C=O) groups is 2. The van der Waals surface area contributed by atoms with Crippen molar-refractivity contribution in [3.63, 3.8) is 0 Å². The number of aromatic carboxylic acids is 1. The number of hydrogen-bond acceptors (Lipinski definition) is 4. The van der Waals surface area contributed by atoms with Gasteiger partial charge in [-0.25, -0.2) is 17.5 Å². The van der Waals surface area contributed by atoms with E-state index in [0.717, 1.165) is 34.7 Å². The molecule has 2 aromatic rings. The van der Waals surface area contributed by atoms with Gasteiger partial charge in [0, 0.05) is 31.0 Å². The van der Waals surface area contributed by atoms with Crippen LogP contribution in [0.15, 0.2) is 23.1 Å². The van der Waals surface area contributed by atoms with Gasteiger partial charge in [-0.2, -0.15) is 0 Å². The van der Waals surface area contributed by atoms with Crippen molar-refractivity contribution >= 4 is 39.2 Å². The number of nitrogens with zero attached hydrogens (tertiary/aromatic N) is 1. The smallest absolute Gasteiger partial charge is 0.352 e. The molecule has 2 aliphatic rings. The molecule has 4 rings (SSSR count). The van der Waals surface area contributed by atoms with Crippen LogP contribution >= 0.6 is 0 Å². The van der Waals surface area contributed by atoms with Crippen LogP contribution in [-0.2, 0) is 27.7 Å². The molecule has 29 heavy (non-hydrogen) atoms. The van der Waals surface area contributed by atoms with E-state index in [1.165, 1.54) is 26.2 Å². The SMILES string of the molecule is CN(C)S(=O)(=O)c1ccc2c(c1)/C(=C/c1[nH]c(C(=O)O)c3c1CCCC3)C(=O)N2. The first kappa shape index (κ1) is 19.4. The van der Waals surface area contributed by atoms with Crippen molar-refractivity contribution in [3.05, 3.63) is 46.3 Å². The van der Waals surface area contributed by atoms with Crippen LogP contribution in [0.3, 0.4) is 0 Å². The maximum absolute atomic E-state index is 12.6. The van der Waals surface area contributed by atoms with E-state index in [0.29, 0.717) is 28.9 Å². The molecule has 0 spiro atoms. The van der Waals surface area contributed by atoms with Gasteiger partial charge in [-0.1, -0.05) is 0 Å². The number of carboxylic acids is 1. The number of carboxylic acid groups (broad SMARTS) is 1. The number of carbonyl (C=O) groups excluding carboxylic acids is 1. The first-order chi connectivity index (χ1) is 13.7. The van der Waals surface area contributed by atoms with E-state index in [1.54, 1.807) is 12.1 Å². The summed E-state index contributed by atoms with van der Waals surface area (Å²) in [4.78, 5) is 27.2. The predicted molar refractivity (Wildman–Crippen MR) is 108 cm³/mol. The molecule has 3 N–H and O–H groups in total. The Morgan fingerprint density at radius 1 is 1.17 bits per heavy atom. The number of amides is 1. The second-order valence-corrected chi connectivity index (χ2v) is 9.54. The third-order valence-electron chi connectivity index (χ3n) is 5.41. The van der Waals surface area contributed by atoms with Crippen LogP contribution in [0.4, 0.5) is 5.69 Å². The van der Waals surface area contributed by atoms with Crippen LogP contribution in [0.25, 0.3) is 11.6 Å². The summed E-state index contributed by atoms with van der Waals surface area (Å²) in [6.45, 7) is 0. The standard InChI is InChI=1S/C20H21N3O5S/c1-23(2)29(27,28)11-7-8-16-14(9-11)15(19(24)22-16)10-17-12-5-3-4-6-13(12)18(21-17)20(25)26/h7-10,21H,3-6H2,1-2H3,(H,22,24)(H,25,26)/b15-10-. The van der Waals surface area contributed by atoms with Crippen LogP contribution in [0, 0.1) is 0 Å². The van der Waals surface area contributed by atoms with Gasteiger partial charge in [-0.3, -0.25) is 4.79 Å². The molecule has 0 radical (unpaired) electrons. The van der Waals surface area contributed by atoms with Gasteiger partial charge in [0.2, 0.25) is 10.0 Å². The van der Waals surface area contributed by atoms with E-state index >= 15 is 0 Å². The number of aromatic amines is 1. The van der Waals surface area contributed by atoms with Crippen LogP contribution in [0.1, 0.15) is 45.7 Å². The highest BCUT2D eigenvalue weighted by Crippen LogP contribution is 2.37. The summed E-state index contributed by atoms with van der Waals surface area (Å²) in [5, 5.41) is 12.2. The highest BCUT2D eigenvalue weighted by Gasteiger charge is 2.29. The van der Waals surface area contributed by atoms with Gasteiger partial charge >= 0.3 is 5.97 Å². The average molecular weight is 415 g/mol. The van der Waals surface area contributed by atoms with Crippen molar-refractivity contribution in [3.8, 4) is 0 Å². The van der Waals surface area contributed by atoms with Gasteiger partial charge in [-0.05, 0) is 61.1 Å². The third-order valence-corrected chi connectivity index (χ3v) is 7.22. The first-order valence-electron chi connectivity index (χ1n) is 9.27. The molecular formula is C20H21N3O5S. The van der Waals surface area contributed by atoms with E-state index in [-0.39, 0.29) is 16.5 Å². The van der Waals surface area contributed by atoms with Crippen LogP contribution in [-0.4, -0.2) is 48.8 Å². The molecule has 0 fully saturated rings. The molecule has 152 valence electrons. The molecule has 0 atom stereocenters. The molecule has 1 aliphatic heterocycles. The van der Waals surface area contributed by atoms with E-state index in [1.807, 2.05) is 0 Å². The Morgan fingerprint density at radius 2 is 1.86 bits per heavy atom. The van der Waals surface area contributed by atoms with Gasteiger partial charge in [0.05, 0.1) is 10.5 Å². The summed E-state index contributed by atoms with van der Waals surface area (Å²) in [7, 11) is -0.761. The summed E-state index contributed by atoms with van der Waals surface area (Å²) < 4.78 is 26.1. The van der Waals surface area contributed by atoms with Crippen molar-refractivity contribution in [2.75, 3.05) is 19.4 Å². The Bertz CT molecular complexity index is 1170. The van der Waals surface area contributed by atoms with E-state index < -0.39 is 16.0 Å². The molecule has 0 saturated heterocycles. The number of sulfonamides is 1. The first-order valence-corrected chi connectivity index (χ1v) is 10.7.